The van der Waals surface area contributed by atoms with Crippen molar-refractivity contribution in [2.45, 2.75) is 6.18 Å². The predicted octanol–water partition coefficient (Wildman–Crippen LogP) is 9.33. The molecule has 0 saturated heterocycles. The van der Waals surface area contributed by atoms with Gasteiger partial charge in [-0.3, -0.25) is 0 Å². The maximum absolute atomic E-state index is 15.2. The number of rotatable bonds is 3. The van der Waals surface area contributed by atoms with Crippen molar-refractivity contribution in [3.05, 3.63) is 101 Å². The summed E-state index contributed by atoms with van der Waals surface area (Å²) in [6.45, 7) is 0. The normalized spacial score (nSPS) is 12.0. The molecule has 0 spiro atoms. The van der Waals surface area contributed by atoms with E-state index in [9.17, 15) is 35.1 Å². The summed E-state index contributed by atoms with van der Waals surface area (Å²) in [6, 6.07) is 9.69. The molecule has 0 N–H and O–H groups in total. The Morgan fingerprint density at radius 1 is 0.538 bits per heavy atom. The highest BCUT2D eigenvalue weighted by Gasteiger charge is 2.43. The summed E-state index contributed by atoms with van der Waals surface area (Å²) in [4.78, 5) is 0. The second kappa shape index (κ2) is 9.18. The van der Waals surface area contributed by atoms with Gasteiger partial charge in [-0.1, -0.05) is 18.2 Å². The number of hydrogen-bond acceptors (Lipinski definition) is 1. The molecular weight excluding hydrogens is 542 g/mol. The van der Waals surface area contributed by atoms with E-state index in [1.54, 1.807) is 0 Å². The minimum atomic E-state index is -5.80. The summed E-state index contributed by atoms with van der Waals surface area (Å²) < 4.78 is 148. The number of benzene rings is 5. The zero-order chi connectivity index (χ0) is 28.4. The van der Waals surface area contributed by atoms with Crippen molar-refractivity contribution >= 4 is 21.5 Å². The van der Waals surface area contributed by atoms with E-state index in [-0.39, 0.29) is 27.3 Å². The van der Waals surface area contributed by atoms with E-state index >= 15 is 8.78 Å². The van der Waals surface area contributed by atoms with Crippen LogP contribution in [0.25, 0.3) is 43.8 Å². The van der Waals surface area contributed by atoms with E-state index in [1.165, 1.54) is 31.4 Å². The topological polar surface area (TPSA) is 9.23 Å². The van der Waals surface area contributed by atoms with Crippen molar-refractivity contribution in [3.63, 3.8) is 0 Å². The molecule has 0 aliphatic carbocycles. The minimum absolute atomic E-state index is 0.0403. The van der Waals surface area contributed by atoms with Crippen LogP contribution < -0.4 is 4.74 Å². The Morgan fingerprint density at radius 3 is 1.56 bits per heavy atom. The Labute approximate surface area is 212 Å². The van der Waals surface area contributed by atoms with E-state index in [0.717, 1.165) is 18.2 Å². The molecule has 0 saturated carbocycles. The first-order valence-electron chi connectivity index (χ1n) is 11.0. The molecule has 0 aliphatic heterocycles. The van der Waals surface area contributed by atoms with Crippen LogP contribution in [0.4, 0.5) is 43.9 Å². The van der Waals surface area contributed by atoms with Gasteiger partial charge in [0, 0.05) is 5.56 Å². The van der Waals surface area contributed by atoms with Crippen LogP contribution in [0.2, 0.25) is 0 Å². The largest absolute Gasteiger partial charge is 0.497 e. The van der Waals surface area contributed by atoms with Crippen LogP contribution in [0.3, 0.4) is 0 Å². The van der Waals surface area contributed by atoms with Gasteiger partial charge in [-0.2, -0.15) is 13.2 Å². The fraction of sp³-hybridized carbons (Fsp3) is 0.0714. The van der Waals surface area contributed by atoms with E-state index in [2.05, 4.69) is 0 Å². The second-order valence-electron chi connectivity index (χ2n) is 8.48. The summed E-state index contributed by atoms with van der Waals surface area (Å²) in [5, 5.41) is -1.24. The average Bonchev–Trinajstić information content (AvgIpc) is 2.88. The fourth-order valence-electron chi connectivity index (χ4n) is 4.63. The Kier molecular flexibility index (Phi) is 6.20. The Bertz CT molecular complexity index is 1760. The highest BCUT2D eigenvalue weighted by atomic mass is 19.4. The van der Waals surface area contributed by atoms with Gasteiger partial charge in [0.2, 0.25) is 0 Å². The molecule has 1 nitrogen and oxygen atoms in total. The minimum Gasteiger partial charge on any atom is -0.497 e. The van der Waals surface area contributed by atoms with E-state index < -0.39 is 69.0 Å². The SMILES string of the molecule is COc1ccc(-c2c3cc(F)ccc3c(-c3c(F)c(F)c(C(F)(F)F)c(F)c3F)c3cc(F)c(F)cc23)cc1. The van der Waals surface area contributed by atoms with Crippen LogP contribution >= 0.6 is 0 Å². The number of hydrogen-bond donors (Lipinski definition) is 0. The Balaban J connectivity index is 2.04. The molecule has 5 aromatic rings. The lowest BCUT2D eigenvalue weighted by Gasteiger charge is -2.20. The Hall–Kier alpha value is -4.28. The molecule has 0 unspecified atom stereocenters. The third-order valence-corrected chi connectivity index (χ3v) is 6.29. The van der Waals surface area contributed by atoms with E-state index in [4.69, 9.17) is 4.74 Å². The standard InChI is InChI=1S/C28H12F10O/c1-39-13-5-2-11(3-6-13)20-15-8-12(29)4-7-14(15)21(17-10-19(31)18(30)9-16(17)20)22-24(32)26(34)23(28(36,37)38)27(35)25(22)33/h2-10H,1H3. The van der Waals surface area contributed by atoms with Gasteiger partial charge in [-0.25, -0.2) is 30.7 Å². The van der Waals surface area contributed by atoms with Gasteiger partial charge in [0.25, 0.3) is 0 Å². The van der Waals surface area contributed by atoms with Crippen LogP contribution in [0, 0.1) is 40.7 Å². The van der Waals surface area contributed by atoms with Crippen LogP contribution in [0.15, 0.2) is 54.6 Å². The number of ether oxygens (including phenoxy) is 1. The van der Waals surface area contributed by atoms with Crippen LogP contribution in [0.1, 0.15) is 5.56 Å². The maximum Gasteiger partial charge on any atom is 0.422 e. The third kappa shape index (κ3) is 4.12. The summed E-state index contributed by atoms with van der Waals surface area (Å²) in [6.07, 6.45) is -5.80. The molecule has 0 atom stereocenters. The molecule has 0 heterocycles. The van der Waals surface area contributed by atoms with E-state index in [0.29, 0.717) is 17.9 Å². The lowest BCUT2D eigenvalue weighted by Crippen LogP contribution is -2.16. The summed E-state index contributed by atoms with van der Waals surface area (Å²) in [5.74, 6) is -13.7. The molecule has 0 aromatic heterocycles. The monoisotopic (exact) mass is 554 g/mol. The van der Waals surface area contributed by atoms with Gasteiger partial charge in [0.05, 0.1) is 12.7 Å². The first-order valence-corrected chi connectivity index (χ1v) is 11.0. The van der Waals surface area contributed by atoms with Gasteiger partial charge in [0.1, 0.15) is 17.1 Å². The van der Waals surface area contributed by atoms with Crippen LogP contribution in [-0.4, -0.2) is 7.11 Å². The van der Waals surface area contributed by atoms with Crippen molar-refractivity contribution in [1.29, 1.82) is 0 Å². The molecular formula is C28H12F10O. The molecule has 0 bridgehead atoms. The number of methoxy groups -OCH3 is 1. The molecule has 5 aromatic carbocycles. The van der Waals surface area contributed by atoms with Crippen molar-refractivity contribution in [3.8, 4) is 28.0 Å². The summed E-state index contributed by atoms with van der Waals surface area (Å²) >= 11 is 0. The molecule has 11 heteroatoms. The highest BCUT2D eigenvalue weighted by Crippen LogP contribution is 2.48. The number of fused-ring (bicyclic) bond motifs is 2. The quantitative estimate of drug-likeness (QED) is 0.123. The molecule has 200 valence electrons. The molecule has 0 amide bonds. The second-order valence-corrected chi connectivity index (χ2v) is 8.48. The number of halogens is 10. The first-order chi connectivity index (χ1) is 18.3. The van der Waals surface area contributed by atoms with Crippen LogP contribution in [0.5, 0.6) is 5.75 Å². The smallest absolute Gasteiger partial charge is 0.422 e. The van der Waals surface area contributed by atoms with Gasteiger partial charge in [0.15, 0.2) is 34.9 Å². The number of alkyl halides is 3. The fourth-order valence-corrected chi connectivity index (χ4v) is 4.63. The zero-order valence-corrected chi connectivity index (χ0v) is 19.4. The van der Waals surface area contributed by atoms with Gasteiger partial charge >= 0.3 is 6.18 Å². The predicted molar refractivity (Wildman–Crippen MR) is 124 cm³/mol. The molecule has 0 aliphatic rings. The van der Waals surface area contributed by atoms with Gasteiger partial charge in [-0.15, -0.1) is 0 Å². The lowest BCUT2D eigenvalue weighted by molar-refractivity contribution is -0.143. The van der Waals surface area contributed by atoms with E-state index in [1.807, 2.05) is 0 Å². The van der Waals surface area contributed by atoms with Crippen molar-refractivity contribution in [1.82, 2.24) is 0 Å². The first kappa shape index (κ1) is 26.3. The van der Waals surface area contributed by atoms with Crippen molar-refractivity contribution < 1.29 is 48.6 Å². The molecule has 0 radical (unpaired) electrons. The molecule has 39 heavy (non-hydrogen) atoms. The summed E-state index contributed by atoms with van der Waals surface area (Å²) in [7, 11) is 1.38. The zero-order valence-electron chi connectivity index (χ0n) is 19.4. The van der Waals surface area contributed by atoms with Crippen LogP contribution in [-0.2, 0) is 6.18 Å². The molecule has 5 rings (SSSR count). The lowest BCUT2D eigenvalue weighted by atomic mass is 9.85. The van der Waals surface area contributed by atoms with Gasteiger partial charge < -0.3 is 4.74 Å². The van der Waals surface area contributed by atoms with Crippen molar-refractivity contribution in [2.75, 3.05) is 7.11 Å². The van der Waals surface area contributed by atoms with Gasteiger partial charge in [-0.05, 0) is 69.1 Å². The Morgan fingerprint density at radius 2 is 1.05 bits per heavy atom. The van der Waals surface area contributed by atoms with Crippen molar-refractivity contribution in [2.24, 2.45) is 0 Å². The highest BCUT2D eigenvalue weighted by molar-refractivity contribution is 6.21. The summed E-state index contributed by atoms with van der Waals surface area (Å²) in [5.41, 5.74) is -4.89. The maximum atomic E-state index is 15.2. The average molecular weight is 554 g/mol. The third-order valence-electron chi connectivity index (χ3n) is 6.29. The molecule has 0 fully saturated rings.